The standard InChI is InChI=1S/C7H8N4OS/c1-12-7-10-3-5(13-7)4-2-9-6(8)11-4/h2-3H,1H3,(H3,8,9,11). The van der Waals surface area contributed by atoms with Crippen LogP contribution in [0.3, 0.4) is 0 Å². The largest absolute Gasteiger partial charge is 0.473 e. The average molecular weight is 196 g/mol. The van der Waals surface area contributed by atoms with E-state index in [1.165, 1.54) is 11.3 Å². The Morgan fingerprint density at radius 1 is 1.46 bits per heavy atom. The predicted octanol–water partition coefficient (Wildman–Crippen LogP) is 1.12. The van der Waals surface area contributed by atoms with Gasteiger partial charge in [-0.2, -0.15) is 0 Å². The van der Waals surface area contributed by atoms with Gasteiger partial charge in [0.25, 0.3) is 5.19 Å². The van der Waals surface area contributed by atoms with Crippen LogP contribution in [0.1, 0.15) is 0 Å². The van der Waals surface area contributed by atoms with E-state index in [1.54, 1.807) is 19.5 Å². The Labute approximate surface area is 78.6 Å². The topological polar surface area (TPSA) is 76.8 Å². The van der Waals surface area contributed by atoms with Gasteiger partial charge in [0.1, 0.15) is 0 Å². The second kappa shape index (κ2) is 3.06. The number of imidazole rings is 1. The molecule has 0 aliphatic heterocycles. The average Bonchev–Trinajstić information content (AvgIpc) is 2.71. The van der Waals surface area contributed by atoms with Crippen LogP contribution in [-0.2, 0) is 0 Å². The summed E-state index contributed by atoms with van der Waals surface area (Å²) in [6.07, 6.45) is 3.39. The van der Waals surface area contributed by atoms with Crippen molar-refractivity contribution in [1.29, 1.82) is 0 Å². The number of hydrogen-bond acceptors (Lipinski definition) is 5. The molecule has 2 aromatic heterocycles. The molecular weight excluding hydrogens is 188 g/mol. The summed E-state index contributed by atoms with van der Waals surface area (Å²) in [5.74, 6) is 0.405. The monoisotopic (exact) mass is 196 g/mol. The lowest BCUT2D eigenvalue weighted by atomic mass is 10.4. The molecular formula is C7H8N4OS. The number of anilines is 1. The number of nitrogen functional groups attached to an aromatic ring is 1. The van der Waals surface area contributed by atoms with E-state index in [1.807, 2.05) is 0 Å². The summed E-state index contributed by atoms with van der Waals surface area (Å²) in [6, 6.07) is 0. The molecule has 0 radical (unpaired) electrons. The third kappa shape index (κ3) is 1.48. The maximum absolute atomic E-state index is 5.44. The van der Waals surface area contributed by atoms with Crippen LogP contribution in [-0.4, -0.2) is 22.1 Å². The van der Waals surface area contributed by atoms with E-state index in [-0.39, 0.29) is 0 Å². The highest BCUT2D eigenvalue weighted by atomic mass is 32.1. The van der Waals surface area contributed by atoms with Gasteiger partial charge in [0, 0.05) is 0 Å². The Morgan fingerprint density at radius 3 is 2.85 bits per heavy atom. The first-order chi connectivity index (χ1) is 6.29. The lowest BCUT2D eigenvalue weighted by molar-refractivity contribution is 0.412. The van der Waals surface area contributed by atoms with E-state index in [0.29, 0.717) is 11.1 Å². The van der Waals surface area contributed by atoms with E-state index in [4.69, 9.17) is 10.5 Å². The van der Waals surface area contributed by atoms with Crippen molar-refractivity contribution in [3.05, 3.63) is 12.4 Å². The minimum Gasteiger partial charge on any atom is -0.473 e. The van der Waals surface area contributed by atoms with Crippen LogP contribution < -0.4 is 10.5 Å². The number of methoxy groups -OCH3 is 1. The molecule has 2 aromatic rings. The molecule has 68 valence electrons. The van der Waals surface area contributed by atoms with Crippen molar-refractivity contribution < 1.29 is 4.74 Å². The number of rotatable bonds is 2. The van der Waals surface area contributed by atoms with E-state index < -0.39 is 0 Å². The van der Waals surface area contributed by atoms with Gasteiger partial charge >= 0.3 is 0 Å². The number of ether oxygens (including phenoxy) is 1. The van der Waals surface area contributed by atoms with Crippen molar-refractivity contribution in [2.45, 2.75) is 0 Å². The van der Waals surface area contributed by atoms with Crippen LogP contribution in [0, 0.1) is 0 Å². The number of thiazole rings is 1. The maximum atomic E-state index is 5.44. The summed E-state index contributed by atoms with van der Waals surface area (Å²) in [7, 11) is 1.59. The Bertz CT molecular complexity index is 408. The molecule has 5 nitrogen and oxygen atoms in total. The maximum Gasteiger partial charge on any atom is 0.273 e. The van der Waals surface area contributed by atoms with Gasteiger partial charge in [-0.05, 0) is 0 Å². The Morgan fingerprint density at radius 2 is 2.31 bits per heavy atom. The molecule has 0 aliphatic carbocycles. The molecule has 0 aromatic carbocycles. The van der Waals surface area contributed by atoms with Gasteiger partial charge in [0.05, 0.1) is 30.1 Å². The normalized spacial score (nSPS) is 10.2. The SMILES string of the molecule is COc1ncc(-c2cnc(N)[nH]2)s1. The number of nitrogens with two attached hydrogens (primary N) is 1. The van der Waals surface area contributed by atoms with Crippen LogP contribution in [0.5, 0.6) is 5.19 Å². The molecule has 0 amide bonds. The van der Waals surface area contributed by atoms with E-state index in [2.05, 4.69) is 15.0 Å². The third-order valence-corrected chi connectivity index (χ3v) is 2.51. The Balaban J connectivity index is 2.35. The second-order valence-electron chi connectivity index (χ2n) is 2.38. The first-order valence-electron chi connectivity index (χ1n) is 3.60. The molecule has 13 heavy (non-hydrogen) atoms. The molecule has 0 atom stereocenters. The van der Waals surface area contributed by atoms with Gasteiger partial charge in [0.15, 0.2) is 5.95 Å². The number of H-pyrrole nitrogens is 1. The van der Waals surface area contributed by atoms with Crippen molar-refractivity contribution in [3.63, 3.8) is 0 Å². The van der Waals surface area contributed by atoms with Crippen molar-refractivity contribution in [1.82, 2.24) is 15.0 Å². The van der Waals surface area contributed by atoms with E-state index in [0.717, 1.165) is 10.6 Å². The smallest absolute Gasteiger partial charge is 0.273 e. The van der Waals surface area contributed by atoms with Crippen LogP contribution in [0.25, 0.3) is 10.6 Å². The summed E-state index contributed by atoms with van der Waals surface area (Å²) < 4.78 is 4.96. The number of nitrogens with one attached hydrogen (secondary N) is 1. The molecule has 3 N–H and O–H groups in total. The number of hydrogen-bond donors (Lipinski definition) is 2. The Kier molecular flexibility index (Phi) is 1.90. The van der Waals surface area contributed by atoms with Crippen LogP contribution >= 0.6 is 11.3 Å². The molecule has 0 unspecified atom stereocenters. The summed E-state index contributed by atoms with van der Waals surface area (Å²) in [5.41, 5.74) is 6.30. The summed E-state index contributed by atoms with van der Waals surface area (Å²) in [4.78, 5) is 11.8. The van der Waals surface area contributed by atoms with Crippen LogP contribution in [0.4, 0.5) is 5.95 Å². The molecule has 0 spiro atoms. The van der Waals surface area contributed by atoms with E-state index in [9.17, 15) is 0 Å². The van der Waals surface area contributed by atoms with Crippen molar-refractivity contribution in [2.75, 3.05) is 12.8 Å². The zero-order valence-electron chi connectivity index (χ0n) is 6.94. The number of aromatic nitrogens is 3. The van der Waals surface area contributed by atoms with E-state index >= 15 is 0 Å². The number of nitrogens with zero attached hydrogens (tertiary/aromatic N) is 2. The molecule has 0 bridgehead atoms. The predicted molar refractivity (Wildman–Crippen MR) is 50.7 cm³/mol. The molecule has 0 aliphatic rings. The van der Waals surface area contributed by atoms with Gasteiger partial charge in [-0.1, -0.05) is 11.3 Å². The summed E-state index contributed by atoms with van der Waals surface area (Å²) in [5, 5.41) is 0.628. The van der Waals surface area contributed by atoms with Gasteiger partial charge in [-0.25, -0.2) is 9.97 Å². The quantitative estimate of drug-likeness (QED) is 0.754. The highest BCUT2D eigenvalue weighted by Gasteiger charge is 2.06. The molecule has 2 heterocycles. The number of aromatic amines is 1. The van der Waals surface area contributed by atoms with Gasteiger partial charge in [-0.15, -0.1) is 0 Å². The van der Waals surface area contributed by atoms with Crippen molar-refractivity contribution in [3.8, 4) is 15.8 Å². The minimum atomic E-state index is 0.405. The van der Waals surface area contributed by atoms with Gasteiger partial charge in [-0.3, -0.25) is 0 Å². The second-order valence-corrected chi connectivity index (χ2v) is 3.37. The fraction of sp³-hybridized carbons (Fsp3) is 0.143. The molecule has 0 fully saturated rings. The summed E-state index contributed by atoms with van der Waals surface area (Å²) >= 11 is 1.44. The zero-order chi connectivity index (χ0) is 9.26. The first kappa shape index (κ1) is 8.06. The highest BCUT2D eigenvalue weighted by molar-refractivity contribution is 7.16. The molecule has 0 saturated carbocycles. The summed E-state index contributed by atoms with van der Waals surface area (Å²) in [6.45, 7) is 0. The fourth-order valence-electron chi connectivity index (χ4n) is 0.939. The Hall–Kier alpha value is -1.56. The fourth-order valence-corrected chi connectivity index (χ4v) is 1.63. The molecule has 2 rings (SSSR count). The molecule has 0 saturated heterocycles. The lowest BCUT2D eigenvalue weighted by Crippen LogP contribution is -1.84. The van der Waals surface area contributed by atoms with Crippen LogP contribution in [0.2, 0.25) is 0 Å². The van der Waals surface area contributed by atoms with Crippen molar-refractivity contribution >= 4 is 17.3 Å². The first-order valence-corrected chi connectivity index (χ1v) is 4.42. The lowest BCUT2D eigenvalue weighted by Gasteiger charge is -1.88. The van der Waals surface area contributed by atoms with Crippen molar-refractivity contribution in [2.24, 2.45) is 0 Å². The van der Waals surface area contributed by atoms with Gasteiger partial charge in [0.2, 0.25) is 0 Å². The molecule has 6 heteroatoms. The highest BCUT2D eigenvalue weighted by Crippen LogP contribution is 2.28. The van der Waals surface area contributed by atoms with Gasteiger partial charge < -0.3 is 15.5 Å². The third-order valence-electron chi connectivity index (χ3n) is 1.52. The minimum absolute atomic E-state index is 0.405. The van der Waals surface area contributed by atoms with Crippen LogP contribution in [0.15, 0.2) is 12.4 Å². The zero-order valence-corrected chi connectivity index (χ0v) is 7.76.